The molecular formula is C56H44N8Si2. The van der Waals surface area contributed by atoms with Gasteiger partial charge in [-0.05, 0) is 117 Å². The van der Waals surface area contributed by atoms with Crippen LogP contribution in [0.1, 0.15) is 0 Å². The first kappa shape index (κ1) is 38.5. The number of benzene rings is 8. The molecule has 2 aliphatic rings. The molecule has 0 N–H and O–H groups in total. The van der Waals surface area contributed by atoms with Gasteiger partial charge in [-0.3, -0.25) is 8.80 Å². The van der Waals surface area contributed by atoms with Crippen LogP contribution in [-0.4, -0.2) is 45.3 Å². The summed E-state index contributed by atoms with van der Waals surface area (Å²) >= 11 is 0. The van der Waals surface area contributed by atoms with E-state index < -0.39 is 16.1 Å². The van der Waals surface area contributed by atoms with Gasteiger partial charge in [0, 0.05) is 45.3 Å². The molecule has 3 aromatic heterocycles. The van der Waals surface area contributed by atoms with E-state index in [9.17, 15) is 0 Å². The molecule has 66 heavy (non-hydrogen) atoms. The molecule has 2 aliphatic heterocycles. The number of hydrogen-bond donors (Lipinski definition) is 0. The fourth-order valence-electron chi connectivity index (χ4n) is 10.8. The Bertz CT molecular complexity index is 3630. The zero-order valence-electron chi connectivity index (χ0n) is 37.1. The van der Waals surface area contributed by atoms with Crippen molar-refractivity contribution in [2.24, 2.45) is 0 Å². The van der Waals surface area contributed by atoms with Crippen LogP contribution in [0.5, 0.6) is 0 Å². The van der Waals surface area contributed by atoms with Gasteiger partial charge in [-0.2, -0.15) is 0 Å². The standard InChI is InChI=1S/C56H44N8Si2/c1-65(2)49-22-12-8-18-44(49)61(45-19-9-13-23-50(45)65)41-31-26-38(27-32-41)53-57-59-55-56-60-58-54(64(56)48-36-40(30-35-43(48)63(53)55)37-16-6-5-7-17-37)39-28-33-42(34-29-39)62-46-20-10-14-24-51(46)66(3,4)52-25-15-11-21-47(52)62/h5-36H,1-4H3. The maximum atomic E-state index is 4.91. The van der Waals surface area contributed by atoms with Gasteiger partial charge in [-0.15, -0.1) is 20.4 Å². The van der Waals surface area contributed by atoms with Crippen LogP contribution < -0.4 is 30.5 Å². The van der Waals surface area contributed by atoms with Gasteiger partial charge in [0.1, 0.15) is 16.1 Å². The largest absolute Gasteiger partial charge is 0.311 e. The average Bonchev–Trinajstić information content (AvgIpc) is 4.01. The maximum Gasteiger partial charge on any atom is 0.207 e. The Labute approximate surface area is 384 Å². The van der Waals surface area contributed by atoms with Crippen LogP contribution >= 0.6 is 0 Å². The smallest absolute Gasteiger partial charge is 0.207 e. The first-order valence-electron chi connectivity index (χ1n) is 22.6. The summed E-state index contributed by atoms with van der Waals surface area (Å²) in [6, 6.07) is 70.3. The molecule has 316 valence electrons. The predicted octanol–water partition coefficient (Wildman–Crippen LogP) is 11.1. The van der Waals surface area contributed by atoms with Crippen molar-refractivity contribution in [3.05, 3.63) is 194 Å². The van der Waals surface area contributed by atoms with Crippen LogP contribution in [0.25, 0.3) is 56.2 Å². The van der Waals surface area contributed by atoms with Crippen LogP contribution in [0.2, 0.25) is 26.2 Å². The molecule has 0 fully saturated rings. The lowest BCUT2D eigenvalue weighted by molar-refractivity contribution is 1.10. The van der Waals surface area contributed by atoms with Gasteiger partial charge >= 0.3 is 0 Å². The molecule has 0 bridgehead atoms. The Balaban J connectivity index is 0.947. The lowest BCUT2D eigenvalue weighted by atomic mass is 10.0. The summed E-state index contributed by atoms with van der Waals surface area (Å²) in [5.74, 6) is 1.48. The zero-order chi connectivity index (χ0) is 44.3. The van der Waals surface area contributed by atoms with Crippen molar-refractivity contribution >= 4 is 93.3 Å². The summed E-state index contributed by atoms with van der Waals surface area (Å²) in [5, 5.41) is 25.3. The van der Waals surface area contributed by atoms with Gasteiger partial charge in [0.2, 0.25) is 11.3 Å². The summed E-state index contributed by atoms with van der Waals surface area (Å²) in [7, 11) is -3.81. The van der Waals surface area contributed by atoms with Crippen molar-refractivity contribution in [1.29, 1.82) is 0 Å². The van der Waals surface area contributed by atoms with Crippen molar-refractivity contribution in [3.8, 4) is 33.9 Å². The molecule has 5 heterocycles. The molecular weight excluding hydrogens is 841 g/mol. The predicted molar refractivity (Wildman–Crippen MR) is 276 cm³/mol. The van der Waals surface area contributed by atoms with Crippen LogP contribution in [0.4, 0.5) is 34.1 Å². The molecule has 0 saturated heterocycles. The molecule has 8 aromatic carbocycles. The maximum absolute atomic E-state index is 4.91. The normalized spacial score (nSPS) is 14.5. The van der Waals surface area contributed by atoms with Crippen molar-refractivity contribution < 1.29 is 0 Å². The van der Waals surface area contributed by atoms with E-state index in [1.54, 1.807) is 0 Å². The highest BCUT2D eigenvalue weighted by Gasteiger charge is 2.39. The van der Waals surface area contributed by atoms with E-state index in [0.29, 0.717) is 11.3 Å². The molecule has 0 atom stereocenters. The van der Waals surface area contributed by atoms with Crippen LogP contribution in [-0.2, 0) is 0 Å². The van der Waals surface area contributed by atoms with Crippen LogP contribution in [0.3, 0.4) is 0 Å². The minimum atomic E-state index is -1.90. The van der Waals surface area contributed by atoms with Crippen molar-refractivity contribution in [2.75, 3.05) is 9.80 Å². The SMILES string of the molecule is C[Si]1(C)c2ccccc2N(c2ccc(-c3nnc4c5nnc(-c6ccc(N7c8ccccc8[Si](C)(C)c8ccccc87)cc6)n5c5cc(-c6ccccc6)ccc5n34)cc2)c2ccccc21. The molecule has 0 saturated carbocycles. The van der Waals surface area contributed by atoms with Crippen molar-refractivity contribution in [3.63, 3.8) is 0 Å². The monoisotopic (exact) mass is 884 g/mol. The van der Waals surface area contributed by atoms with Gasteiger partial charge in [-0.1, -0.05) is 135 Å². The Morgan fingerprint density at radius 3 is 1.11 bits per heavy atom. The van der Waals surface area contributed by atoms with Crippen LogP contribution in [0.15, 0.2) is 194 Å². The molecule has 13 rings (SSSR count). The quantitative estimate of drug-likeness (QED) is 0.160. The minimum absolute atomic E-state index is 0.640. The molecule has 8 nitrogen and oxygen atoms in total. The lowest BCUT2D eigenvalue weighted by Crippen LogP contribution is -2.58. The molecule has 0 unspecified atom stereocenters. The Morgan fingerprint density at radius 2 is 0.682 bits per heavy atom. The highest BCUT2D eigenvalue weighted by molar-refractivity contribution is 7.03. The Hall–Kier alpha value is -7.93. The topological polar surface area (TPSA) is 66.9 Å². The van der Waals surface area contributed by atoms with Crippen molar-refractivity contribution in [2.45, 2.75) is 26.2 Å². The fourth-order valence-corrected chi connectivity index (χ4v) is 16.8. The average molecular weight is 885 g/mol. The molecule has 0 aliphatic carbocycles. The number of aromatic nitrogens is 6. The highest BCUT2D eigenvalue weighted by atomic mass is 28.3. The van der Waals surface area contributed by atoms with E-state index in [1.807, 2.05) is 0 Å². The van der Waals surface area contributed by atoms with E-state index in [1.165, 1.54) is 43.5 Å². The molecule has 0 spiro atoms. The number of anilines is 6. The van der Waals surface area contributed by atoms with Gasteiger partial charge in [0.25, 0.3) is 0 Å². The summed E-state index contributed by atoms with van der Waals surface area (Å²) in [6.07, 6.45) is 0. The summed E-state index contributed by atoms with van der Waals surface area (Å²) < 4.78 is 4.30. The number of nitrogens with zero attached hydrogens (tertiary/aromatic N) is 8. The third kappa shape index (κ3) is 5.55. The van der Waals surface area contributed by atoms with E-state index in [-0.39, 0.29) is 0 Å². The Morgan fingerprint density at radius 1 is 0.318 bits per heavy atom. The van der Waals surface area contributed by atoms with E-state index in [4.69, 9.17) is 20.4 Å². The van der Waals surface area contributed by atoms with Crippen LogP contribution in [0, 0.1) is 0 Å². The van der Waals surface area contributed by atoms with E-state index >= 15 is 0 Å². The van der Waals surface area contributed by atoms with Gasteiger partial charge in [0.15, 0.2) is 11.6 Å². The number of hydrogen-bond acceptors (Lipinski definition) is 6. The lowest BCUT2D eigenvalue weighted by Gasteiger charge is -2.41. The van der Waals surface area contributed by atoms with Gasteiger partial charge in [0.05, 0.1) is 11.0 Å². The number of fused-ring (bicyclic) bond motifs is 10. The van der Waals surface area contributed by atoms with Gasteiger partial charge in [-0.25, -0.2) is 0 Å². The summed E-state index contributed by atoms with van der Waals surface area (Å²) in [4.78, 5) is 4.83. The second-order valence-corrected chi connectivity index (χ2v) is 27.2. The number of para-hydroxylation sites is 4. The Kier molecular flexibility index (Phi) is 8.34. The number of rotatable bonds is 5. The second-order valence-electron chi connectivity index (χ2n) is 18.5. The van der Waals surface area contributed by atoms with Crippen molar-refractivity contribution in [1.82, 2.24) is 29.2 Å². The second kappa shape index (κ2) is 14.3. The third-order valence-electron chi connectivity index (χ3n) is 14.1. The molecule has 10 heteroatoms. The summed E-state index contributed by atoms with van der Waals surface area (Å²) in [6.45, 7) is 9.82. The first-order chi connectivity index (χ1) is 32.3. The fraction of sp³-hybridized carbons (Fsp3) is 0.0714. The minimum Gasteiger partial charge on any atom is -0.311 e. The summed E-state index contributed by atoms with van der Waals surface area (Å²) in [5.41, 5.74) is 14.5. The first-order valence-corrected chi connectivity index (χ1v) is 28.6. The molecule has 11 aromatic rings. The molecule has 0 amide bonds. The zero-order valence-corrected chi connectivity index (χ0v) is 39.1. The van der Waals surface area contributed by atoms with E-state index in [2.05, 4.69) is 239 Å². The highest BCUT2D eigenvalue weighted by Crippen LogP contribution is 2.41. The third-order valence-corrected chi connectivity index (χ3v) is 21.2. The van der Waals surface area contributed by atoms with Gasteiger partial charge < -0.3 is 9.80 Å². The van der Waals surface area contributed by atoms with E-state index in [0.717, 1.165) is 56.3 Å². The molecule has 0 radical (unpaired) electrons.